The van der Waals surface area contributed by atoms with Gasteiger partial charge in [-0.15, -0.1) is 0 Å². The molecule has 1 aliphatic rings. The molecule has 2 aromatic rings. The van der Waals surface area contributed by atoms with Gasteiger partial charge in [-0.3, -0.25) is 0 Å². The molecular formula is C20H21NO4S. The molecule has 0 heterocycles. The fourth-order valence-electron chi connectivity index (χ4n) is 3.51. The fraction of sp³-hybridized carbons (Fsp3) is 0.350. The Morgan fingerprint density at radius 3 is 2.31 bits per heavy atom. The van der Waals surface area contributed by atoms with Gasteiger partial charge in [-0.25, -0.2) is 8.42 Å². The average molecular weight is 371 g/mol. The molecule has 2 aromatic carbocycles. The van der Waals surface area contributed by atoms with Crippen LogP contribution in [0, 0.1) is 16.7 Å². The van der Waals surface area contributed by atoms with E-state index in [-0.39, 0.29) is 11.5 Å². The second kappa shape index (κ2) is 7.10. The van der Waals surface area contributed by atoms with Crippen molar-refractivity contribution in [2.75, 3.05) is 20.3 Å². The van der Waals surface area contributed by atoms with E-state index in [0.29, 0.717) is 12.4 Å². The fourth-order valence-corrected chi connectivity index (χ4v) is 5.84. The first-order valence-electron chi connectivity index (χ1n) is 8.43. The molecule has 0 aromatic heterocycles. The molecule has 3 rings (SSSR count). The molecule has 6 heteroatoms. The van der Waals surface area contributed by atoms with E-state index in [4.69, 9.17) is 9.47 Å². The van der Waals surface area contributed by atoms with Crippen LogP contribution in [0.2, 0.25) is 0 Å². The third-order valence-corrected chi connectivity index (χ3v) is 7.18. The Bertz CT molecular complexity index is 903. The van der Waals surface area contributed by atoms with Gasteiger partial charge >= 0.3 is 0 Å². The van der Waals surface area contributed by atoms with E-state index >= 15 is 0 Å². The first-order chi connectivity index (χ1) is 12.5. The number of nitrogens with zero attached hydrogens (tertiary/aromatic N) is 1. The standard InChI is InChI=1S/C20H21NO4S/c1-3-25-14-20(13-21)18(15-9-11-16(24-2)12-10-15)19(20)26(22,23)17-7-5-4-6-8-17/h4-12,18-19H,3,14H2,1-2H3. The monoisotopic (exact) mass is 371 g/mol. The summed E-state index contributed by atoms with van der Waals surface area (Å²) < 4.78 is 37.1. The smallest absolute Gasteiger partial charge is 0.183 e. The molecule has 0 radical (unpaired) electrons. The van der Waals surface area contributed by atoms with Crippen LogP contribution in [0.1, 0.15) is 18.4 Å². The Morgan fingerprint density at radius 1 is 1.12 bits per heavy atom. The van der Waals surface area contributed by atoms with Gasteiger partial charge in [-0.05, 0) is 36.8 Å². The number of rotatable bonds is 7. The zero-order chi connectivity index (χ0) is 18.8. The molecule has 26 heavy (non-hydrogen) atoms. The van der Waals surface area contributed by atoms with E-state index < -0.39 is 26.4 Å². The number of hydrogen-bond donors (Lipinski definition) is 0. The molecule has 0 bridgehead atoms. The lowest BCUT2D eigenvalue weighted by atomic mass is 10.0. The van der Waals surface area contributed by atoms with E-state index in [1.54, 1.807) is 49.6 Å². The summed E-state index contributed by atoms with van der Waals surface area (Å²) in [6.45, 7) is 2.35. The molecule has 3 atom stereocenters. The number of sulfone groups is 1. The minimum Gasteiger partial charge on any atom is -0.497 e. The van der Waals surface area contributed by atoms with Gasteiger partial charge in [0.1, 0.15) is 11.2 Å². The van der Waals surface area contributed by atoms with Gasteiger partial charge in [0.25, 0.3) is 0 Å². The zero-order valence-electron chi connectivity index (χ0n) is 14.8. The van der Waals surface area contributed by atoms with E-state index in [1.807, 2.05) is 19.1 Å². The minimum atomic E-state index is -3.66. The summed E-state index contributed by atoms with van der Waals surface area (Å²) in [4.78, 5) is 0.233. The number of benzene rings is 2. The molecule has 0 spiro atoms. The predicted molar refractivity (Wildman–Crippen MR) is 97.7 cm³/mol. The highest BCUT2D eigenvalue weighted by atomic mass is 32.2. The molecule has 3 unspecified atom stereocenters. The van der Waals surface area contributed by atoms with Crippen LogP contribution in [0.15, 0.2) is 59.5 Å². The summed E-state index contributed by atoms with van der Waals surface area (Å²) in [6, 6.07) is 17.7. The van der Waals surface area contributed by atoms with Gasteiger partial charge in [-0.1, -0.05) is 30.3 Å². The topological polar surface area (TPSA) is 76.4 Å². The van der Waals surface area contributed by atoms with Gasteiger partial charge in [0.15, 0.2) is 9.84 Å². The van der Waals surface area contributed by atoms with Crippen molar-refractivity contribution in [2.45, 2.75) is 23.0 Å². The lowest BCUT2D eigenvalue weighted by molar-refractivity contribution is 0.117. The first-order valence-corrected chi connectivity index (χ1v) is 9.97. The van der Waals surface area contributed by atoms with E-state index in [9.17, 15) is 13.7 Å². The van der Waals surface area contributed by atoms with Crippen molar-refractivity contribution < 1.29 is 17.9 Å². The minimum absolute atomic E-state index is 0.0907. The van der Waals surface area contributed by atoms with Crippen LogP contribution >= 0.6 is 0 Å². The van der Waals surface area contributed by atoms with E-state index in [0.717, 1.165) is 5.56 Å². The van der Waals surface area contributed by atoms with Crippen molar-refractivity contribution in [3.8, 4) is 11.8 Å². The molecule has 1 aliphatic carbocycles. The summed E-state index contributed by atoms with van der Waals surface area (Å²) >= 11 is 0. The highest BCUT2D eigenvalue weighted by Crippen LogP contribution is 2.64. The van der Waals surface area contributed by atoms with Crippen LogP contribution in [-0.4, -0.2) is 34.0 Å². The number of ether oxygens (including phenoxy) is 2. The predicted octanol–water partition coefficient (Wildman–Crippen LogP) is 3.18. The van der Waals surface area contributed by atoms with Crippen LogP contribution in [-0.2, 0) is 14.6 Å². The zero-order valence-corrected chi connectivity index (χ0v) is 15.6. The summed E-state index contributed by atoms with van der Waals surface area (Å²) in [5.74, 6) is 0.249. The third-order valence-electron chi connectivity index (χ3n) is 4.89. The quantitative estimate of drug-likeness (QED) is 0.747. The van der Waals surface area contributed by atoms with Crippen molar-refractivity contribution in [2.24, 2.45) is 5.41 Å². The molecule has 136 valence electrons. The number of methoxy groups -OCH3 is 1. The molecule has 0 aliphatic heterocycles. The van der Waals surface area contributed by atoms with E-state index in [1.165, 1.54) is 0 Å². The van der Waals surface area contributed by atoms with Crippen molar-refractivity contribution in [1.29, 1.82) is 5.26 Å². The van der Waals surface area contributed by atoms with Crippen LogP contribution in [0.25, 0.3) is 0 Å². The molecule has 0 N–H and O–H groups in total. The number of hydrogen-bond acceptors (Lipinski definition) is 5. The largest absolute Gasteiger partial charge is 0.497 e. The van der Waals surface area contributed by atoms with Crippen LogP contribution in [0.3, 0.4) is 0 Å². The first kappa shape index (κ1) is 18.4. The molecule has 0 saturated heterocycles. The molecule has 1 fully saturated rings. The van der Waals surface area contributed by atoms with E-state index in [2.05, 4.69) is 6.07 Å². The van der Waals surface area contributed by atoms with Crippen molar-refractivity contribution >= 4 is 9.84 Å². The van der Waals surface area contributed by atoms with Crippen LogP contribution in [0.4, 0.5) is 0 Å². The average Bonchev–Trinajstić information content (AvgIpc) is 3.37. The maximum absolute atomic E-state index is 13.2. The Morgan fingerprint density at radius 2 is 1.77 bits per heavy atom. The van der Waals surface area contributed by atoms with Crippen molar-refractivity contribution in [3.63, 3.8) is 0 Å². The van der Waals surface area contributed by atoms with Gasteiger partial charge in [0, 0.05) is 12.5 Å². The van der Waals surface area contributed by atoms with Gasteiger partial charge in [0.05, 0.1) is 29.9 Å². The van der Waals surface area contributed by atoms with Gasteiger partial charge < -0.3 is 9.47 Å². The van der Waals surface area contributed by atoms with Gasteiger partial charge in [-0.2, -0.15) is 5.26 Å². The Kier molecular flexibility index (Phi) is 5.03. The summed E-state index contributed by atoms with van der Waals surface area (Å²) in [5.41, 5.74) is -0.282. The molecule has 1 saturated carbocycles. The molecule has 5 nitrogen and oxygen atoms in total. The molecular weight excluding hydrogens is 350 g/mol. The maximum atomic E-state index is 13.2. The Labute approximate surface area is 154 Å². The van der Waals surface area contributed by atoms with Crippen molar-refractivity contribution in [3.05, 3.63) is 60.2 Å². The third kappa shape index (κ3) is 2.98. The van der Waals surface area contributed by atoms with Gasteiger partial charge in [0.2, 0.25) is 0 Å². The lowest BCUT2D eigenvalue weighted by Crippen LogP contribution is -2.19. The van der Waals surface area contributed by atoms with Crippen LogP contribution < -0.4 is 4.74 Å². The summed E-state index contributed by atoms with van der Waals surface area (Å²) in [7, 11) is -2.09. The SMILES string of the molecule is CCOCC1(C#N)C(c2ccc(OC)cc2)C1S(=O)(=O)c1ccccc1. The highest BCUT2D eigenvalue weighted by Gasteiger charge is 2.72. The Hall–Kier alpha value is -2.36. The highest BCUT2D eigenvalue weighted by molar-refractivity contribution is 7.92. The Balaban J connectivity index is 2.04. The molecule has 0 amide bonds. The summed E-state index contributed by atoms with van der Waals surface area (Å²) in [6.07, 6.45) is 0. The lowest BCUT2D eigenvalue weighted by Gasteiger charge is -2.09. The maximum Gasteiger partial charge on any atom is 0.183 e. The second-order valence-electron chi connectivity index (χ2n) is 6.32. The van der Waals surface area contributed by atoms with Crippen molar-refractivity contribution in [1.82, 2.24) is 0 Å². The summed E-state index contributed by atoms with van der Waals surface area (Å²) in [5, 5.41) is 9.05. The second-order valence-corrected chi connectivity index (χ2v) is 8.39. The number of nitriles is 1. The normalized spacial score (nSPS) is 24.7. The van der Waals surface area contributed by atoms with Crippen LogP contribution in [0.5, 0.6) is 5.75 Å².